The van der Waals surface area contributed by atoms with Crippen molar-refractivity contribution in [3.63, 3.8) is 0 Å². The van der Waals surface area contributed by atoms with Gasteiger partial charge in [0.15, 0.2) is 0 Å². The number of imidazole rings is 1. The summed E-state index contributed by atoms with van der Waals surface area (Å²) in [5, 5.41) is 11.5. The highest BCUT2D eigenvalue weighted by Gasteiger charge is 2.48. The summed E-state index contributed by atoms with van der Waals surface area (Å²) in [6, 6.07) is 22.0. The van der Waals surface area contributed by atoms with Crippen molar-refractivity contribution in [2.24, 2.45) is 0 Å². The van der Waals surface area contributed by atoms with Gasteiger partial charge in [0.25, 0.3) is 5.78 Å². The molecule has 2 heterocycles. The monoisotopic (exact) mass is 429 g/mol. The third-order valence-corrected chi connectivity index (χ3v) is 5.53. The molecule has 7 heteroatoms. The Labute approximate surface area is 182 Å². The van der Waals surface area contributed by atoms with Crippen LogP contribution in [0.4, 0.5) is 5.95 Å². The van der Waals surface area contributed by atoms with E-state index in [1.165, 1.54) is 4.90 Å². The molecule has 1 aliphatic heterocycles. The third kappa shape index (κ3) is 3.17. The molecule has 1 saturated heterocycles. The molecule has 1 aromatic heterocycles. The molecule has 6 nitrogen and oxygen atoms in total. The number of halogens is 1. The number of ketones is 1. The highest BCUT2D eigenvalue weighted by Crippen LogP contribution is 2.41. The highest BCUT2D eigenvalue weighted by molar-refractivity contribution is 6.51. The van der Waals surface area contributed by atoms with Crippen molar-refractivity contribution < 1.29 is 14.7 Å². The number of rotatable bonds is 3. The van der Waals surface area contributed by atoms with Gasteiger partial charge in [-0.1, -0.05) is 54.1 Å². The van der Waals surface area contributed by atoms with E-state index < -0.39 is 17.7 Å². The zero-order chi connectivity index (χ0) is 21.5. The number of fused-ring (bicyclic) bond motifs is 1. The summed E-state index contributed by atoms with van der Waals surface area (Å²) in [4.78, 5) is 35.1. The molecule has 0 radical (unpaired) electrons. The first-order valence-corrected chi connectivity index (χ1v) is 9.99. The van der Waals surface area contributed by atoms with Crippen LogP contribution < -0.4 is 4.90 Å². The average molecular weight is 430 g/mol. The molecule has 0 bridgehead atoms. The quantitative estimate of drug-likeness (QED) is 0.277. The number of aliphatic hydroxyl groups excluding tert-OH is 1. The lowest BCUT2D eigenvalue weighted by molar-refractivity contribution is -0.132. The number of hydrogen-bond acceptors (Lipinski definition) is 4. The number of aromatic amines is 1. The summed E-state index contributed by atoms with van der Waals surface area (Å²) in [6.07, 6.45) is 0. The molecule has 1 aliphatic rings. The number of aromatic nitrogens is 2. The fraction of sp³-hybridized carbons (Fsp3) is 0.0417. The molecule has 0 spiro atoms. The molecular weight excluding hydrogens is 414 g/mol. The zero-order valence-corrected chi connectivity index (χ0v) is 16.9. The number of nitrogens with zero attached hydrogens (tertiary/aromatic N) is 2. The number of para-hydroxylation sites is 2. The topological polar surface area (TPSA) is 86.3 Å². The minimum atomic E-state index is -0.836. The molecule has 31 heavy (non-hydrogen) atoms. The Hall–Kier alpha value is -3.90. The molecule has 1 unspecified atom stereocenters. The van der Waals surface area contributed by atoms with Crippen molar-refractivity contribution in [2.45, 2.75) is 6.04 Å². The second-order valence-corrected chi connectivity index (χ2v) is 7.60. The lowest BCUT2D eigenvalue weighted by Gasteiger charge is -2.23. The van der Waals surface area contributed by atoms with E-state index in [0.717, 1.165) is 5.52 Å². The number of H-pyrrole nitrogens is 1. The van der Waals surface area contributed by atoms with Crippen LogP contribution in [0.15, 0.2) is 84.4 Å². The van der Waals surface area contributed by atoms with E-state index in [1.807, 2.05) is 42.5 Å². The lowest BCUT2D eigenvalue weighted by Crippen LogP contribution is -2.30. The molecule has 5 rings (SSSR count). The van der Waals surface area contributed by atoms with Crippen LogP contribution in [0.2, 0.25) is 5.02 Å². The van der Waals surface area contributed by atoms with Gasteiger partial charge >= 0.3 is 5.91 Å². The van der Waals surface area contributed by atoms with Crippen molar-refractivity contribution in [2.75, 3.05) is 4.90 Å². The van der Waals surface area contributed by atoms with Crippen molar-refractivity contribution >= 4 is 46.0 Å². The maximum atomic E-state index is 13.1. The largest absolute Gasteiger partial charge is 0.507 e. The number of benzene rings is 3. The molecule has 2 N–H and O–H groups in total. The van der Waals surface area contributed by atoms with Crippen LogP contribution in [0.1, 0.15) is 17.2 Å². The first-order chi connectivity index (χ1) is 15.0. The Morgan fingerprint density at radius 1 is 0.935 bits per heavy atom. The number of carbonyl (C=O) groups excluding carboxylic acids is 2. The minimum absolute atomic E-state index is 0.000946. The van der Waals surface area contributed by atoms with E-state index in [9.17, 15) is 14.7 Å². The number of nitrogens with one attached hydrogen (secondary N) is 1. The van der Waals surface area contributed by atoms with Crippen molar-refractivity contribution in [3.05, 3.63) is 101 Å². The Morgan fingerprint density at radius 2 is 1.61 bits per heavy atom. The summed E-state index contributed by atoms with van der Waals surface area (Å²) in [7, 11) is 0. The van der Waals surface area contributed by atoms with Crippen molar-refractivity contribution in [3.8, 4) is 0 Å². The van der Waals surface area contributed by atoms with Gasteiger partial charge in [0, 0.05) is 10.6 Å². The standard InChI is InChI=1S/C24H16ClN3O3/c25-16-12-10-15(11-13-16)21(29)19-20(14-6-2-1-3-7-14)28(23(31)22(19)30)24-26-17-8-4-5-9-18(17)27-24/h1-13,20,29H,(H,26,27)/b21-19+. The van der Waals surface area contributed by atoms with Crippen molar-refractivity contribution in [1.29, 1.82) is 0 Å². The van der Waals surface area contributed by atoms with Gasteiger partial charge in [-0.15, -0.1) is 0 Å². The minimum Gasteiger partial charge on any atom is -0.507 e. The van der Waals surface area contributed by atoms with Gasteiger partial charge in [0.05, 0.1) is 22.6 Å². The van der Waals surface area contributed by atoms with E-state index in [4.69, 9.17) is 11.6 Å². The zero-order valence-electron chi connectivity index (χ0n) is 16.1. The van der Waals surface area contributed by atoms with Gasteiger partial charge in [-0.05, 0) is 42.0 Å². The van der Waals surface area contributed by atoms with Crippen LogP contribution in [-0.4, -0.2) is 26.8 Å². The molecule has 152 valence electrons. The molecule has 1 fully saturated rings. The van der Waals surface area contributed by atoms with Crippen LogP contribution in [0, 0.1) is 0 Å². The Morgan fingerprint density at radius 3 is 2.32 bits per heavy atom. The van der Waals surface area contributed by atoms with Crippen molar-refractivity contribution in [1.82, 2.24) is 9.97 Å². The molecule has 0 aliphatic carbocycles. The molecule has 3 aromatic carbocycles. The molecule has 1 atom stereocenters. The maximum Gasteiger partial charge on any atom is 0.302 e. The van der Waals surface area contributed by atoms with Crippen LogP contribution >= 0.6 is 11.6 Å². The Bertz CT molecular complexity index is 1310. The van der Waals surface area contributed by atoms with E-state index in [-0.39, 0.29) is 17.3 Å². The summed E-state index contributed by atoms with van der Waals surface area (Å²) < 4.78 is 0. The maximum absolute atomic E-state index is 13.1. The van der Waals surface area contributed by atoms with E-state index in [2.05, 4.69) is 9.97 Å². The van der Waals surface area contributed by atoms with Gasteiger partial charge in [-0.2, -0.15) is 0 Å². The van der Waals surface area contributed by atoms with Gasteiger partial charge in [-0.3, -0.25) is 14.5 Å². The highest BCUT2D eigenvalue weighted by atomic mass is 35.5. The summed E-state index contributed by atoms with van der Waals surface area (Å²) >= 11 is 5.95. The molecule has 1 amide bonds. The average Bonchev–Trinajstić information content (AvgIpc) is 3.33. The summed E-state index contributed by atoms with van der Waals surface area (Å²) in [6.45, 7) is 0. The lowest BCUT2D eigenvalue weighted by atomic mass is 9.95. The van der Waals surface area contributed by atoms with Crippen LogP contribution in [-0.2, 0) is 9.59 Å². The van der Waals surface area contributed by atoms with Gasteiger partial charge in [0.1, 0.15) is 5.76 Å². The Balaban J connectivity index is 1.73. The number of hydrogen-bond donors (Lipinski definition) is 2. The van der Waals surface area contributed by atoms with Crippen LogP contribution in [0.3, 0.4) is 0 Å². The second kappa shape index (κ2) is 7.41. The smallest absolute Gasteiger partial charge is 0.302 e. The van der Waals surface area contributed by atoms with Crippen LogP contribution in [0.5, 0.6) is 0 Å². The summed E-state index contributed by atoms with van der Waals surface area (Å²) in [5.41, 5.74) is 2.48. The molecular formula is C24H16ClN3O3. The number of anilines is 1. The fourth-order valence-corrected chi connectivity index (χ4v) is 3.94. The first-order valence-electron chi connectivity index (χ1n) is 9.61. The normalized spacial score (nSPS) is 18.1. The fourth-order valence-electron chi connectivity index (χ4n) is 3.82. The van der Waals surface area contributed by atoms with Gasteiger partial charge < -0.3 is 10.1 Å². The number of carbonyl (C=O) groups is 2. The Kier molecular flexibility index (Phi) is 4.56. The van der Waals surface area contributed by atoms with E-state index >= 15 is 0 Å². The van der Waals surface area contributed by atoms with E-state index in [0.29, 0.717) is 21.7 Å². The van der Waals surface area contributed by atoms with Gasteiger partial charge in [-0.25, -0.2) is 4.98 Å². The molecule has 0 saturated carbocycles. The predicted octanol–water partition coefficient (Wildman–Crippen LogP) is 4.84. The third-order valence-electron chi connectivity index (χ3n) is 5.28. The first kappa shape index (κ1) is 19.1. The van der Waals surface area contributed by atoms with E-state index in [1.54, 1.807) is 36.4 Å². The second-order valence-electron chi connectivity index (χ2n) is 7.16. The molecule has 4 aromatic rings. The number of amides is 1. The SMILES string of the molecule is O=C1C(=O)N(c2nc3ccccc3[nH]2)C(c2ccccc2)/C1=C(\O)c1ccc(Cl)cc1. The number of Topliss-reactive ketones (excluding diaryl/α,β-unsaturated/α-hetero) is 1. The number of aliphatic hydroxyl groups is 1. The predicted molar refractivity (Wildman–Crippen MR) is 119 cm³/mol. The summed E-state index contributed by atoms with van der Waals surface area (Å²) in [5.74, 6) is -1.56. The van der Waals surface area contributed by atoms with Gasteiger partial charge in [0.2, 0.25) is 5.95 Å². The van der Waals surface area contributed by atoms with Crippen LogP contribution in [0.25, 0.3) is 16.8 Å².